The number of fused-ring (bicyclic) bond motifs is 3. The highest BCUT2D eigenvalue weighted by molar-refractivity contribution is 6.07. The molecule has 0 amide bonds. The van der Waals surface area contributed by atoms with Gasteiger partial charge in [-0.25, -0.2) is 29.9 Å². The molecule has 0 aliphatic carbocycles. The van der Waals surface area contributed by atoms with Crippen molar-refractivity contribution in [3.05, 3.63) is 181 Å². The van der Waals surface area contributed by atoms with Gasteiger partial charge >= 0.3 is 0 Å². The third-order valence-electron chi connectivity index (χ3n) is 9.84. The molecule has 0 fully saturated rings. The van der Waals surface area contributed by atoms with Crippen LogP contribution in [0.2, 0.25) is 0 Å². The third-order valence-corrected chi connectivity index (χ3v) is 9.84. The second kappa shape index (κ2) is 14.3. The van der Waals surface area contributed by atoms with Gasteiger partial charge in [-0.1, -0.05) is 133 Å². The summed E-state index contributed by atoms with van der Waals surface area (Å²) < 4.78 is 6.44. The van der Waals surface area contributed by atoms with Gasteiger partial charge in [-0.15, -0.1) is 0 Å². The van der Waals surface area contributed by atoms with Crippen LogP contribution in [0.25, 0.3) is 101 Å². The second-order valence-electron chi connectivity index (χ2n) is 13.5. The van der Waals surface area contributed by atoms with Crippen LogP contribution >= 0.6 is 0 Å². The molecule has 0 unspecified atom stereocenters. The van der Waals surface area contributed by atoms with E-state index in [1.807, 2.05) is 164 Å². The number of nitriles is 1. The van der Waals surface area contributed by atoms with Crippen LogP contribution in [0.5, 0.6) is 0 Å². The first-order chi connectivity index (χ1) is 28.1. The van der Waals surface area contributed by atoms with Crippen LogP contribution in [0.15, 0.2) is 180 Å². The standard InChI is InChI=1S/C49H29N7O/c50-30-31-16-18-32(19-17-31)33-20-22-37(23-21-33)47-52-46(36-14-8-3-9-15-36)53-48(56-47)38-25-27-42-41(28-38)40-26-24-39(29-43(40)57-42)49-54-44(34-10-4-1-5-11-34)51-45(55-49)35-12-6-2-7-13-35/h1-29H. The summed E-state index contributed by atoms with van der Waals surface area (Å²) in [6, 6.07) is 59.8. The van der Waals surface area contributed by atoms with Crippen molar-refractivity contribution >= 4 is 21.9 Å². The van der Waals surface area contributed by atoms with Crippen molar-refractivity contribution in [2.75, 3.05) is 0 Å². The lowest BCUT2D eigenvalue weighted by Crippen LogP contribution is -2.00. The zero-order valence-electron chi connectivity index (χ0n) is 30.3. The summed E-state index contributed by atoms with van der Waals surface area (Å²) in [6.07, 6.45) is 0. The van der Waals surface area contributed by atoms with Crippen LogP contribution in [0.3, 0.4) is 0 Å². The summed E-state index contributed by atoms with van der Waals surface area (Å²) in [7, 11) is 0. The summed E-state index contributed by atoms with van der Waals surface area (Å²) in [4.78, 5) is 29.6. The maximum Gasteiger partial charge on any atom is 0.164 e. The van der Waals surface area contributed by atoms with Gasteiger partial charge in [0, 0.05) is 44.2 Å². The van der Waals surface area contributed by atoms with Crippen molar-refractivity contribution in [1.82, 2.24) is 29.9 Å². The van der Waals surface area contributed by atoms with E-state index in [9.17, 15) is 5.26 Å². The van der Waals surface area contributed by atoms with Crippen molar-refractivity contribution < 1.29 is 4.42 Å². The predicted molar refractivity (Wildman–Crippen MR) is 223 cm³/mol. The molecule has 8 nitrogen and oxygen atoms in total. The van der Waals surface area contributed by atoms with Gasteiger partial charge < -0.3 is 4.42 Å². The third kappa shape index (κ3) is 6.56. The van der Waals surface area contributed by atoms with Crippen LogP contribution in [0.1, 0.15) is 5.56 Å². The van der Waals surface area contributed by atoms with Crippen LogP contribution in [0, 0.1) is 11.3 Å². The van der Waals surface area contributed by atoms with E-state index >= 15 is 0 Å². The molecule has 0 radical (unpaired) electrons. The fourth-order valence-corrected chi connectivity index (χ4v) is 6.89. The fourth-order valence-electron chi connectivity index (χ4n) is 6.89. The highest BCUT2D eigenvalue weighted by Gasteiger charge is 2.17. The van der Waals surface area contributed by atoms with Gasteiger partial charge in [-0.3, -0.25) is 0 Å². The minimum absolute atomic E-state index is 0.551. The van der Waals surface area contributed by atoms with Crippen molar-refractivity contribution in [2.24, 2.45) is 0 Å². The molecule has 3 aromatic heterocycles. The monoisotopic (exact) mass is 731 g/mol. The molecule has 0 aliphatic rings. The first-order valence-electron chi connectivity index (χ1n) is 18.4. The number of benzene rings is 7. The number of aromatic nitrogens is 6. The Morgan fingerprint density at radius 2 is 0.684 bits per heavy atom. The van der Waals surface area contributed by atoms with Crippen molar-refractivity contribution in [1.29, 1.82) is 5.26 Å². The average molecular weight is 732 g/mol. The number of hydrogen-bond acceptors (Lipinski definition) is 8. The van der Waals surface area contributed by atoms with E-state index in [1.54, 1.807) is 0 Å². The Bertz CT molecular complexity index is 3050. The van der Waals surface area contributed by atoms with E-state index in [0.29, 0.717) is 46.1 Å². The number of rotatable bonds is 7. The molecule has 10 aromatic rings. The van der Waals surface area contributed by atoms with Gasteiger partial charge in [0.2, 0.25) is 0 Å². The van der Waals surface area contributed by atoms with E-state index in [-0.39, 0.29) is 0 Å². The second-order valence-corrected chi connectivity index (χ2v) is 13.5. The molecule has 57 heavy (non-hydrogen) atoms. The fraction of sp³-hybridized carbons (Fsp3) is 0. The van der Waals surface area contributed by atoms with Crippen molar-refractivity contribution in [3.63, 3.8) is 0 Å². The molecular formula is C49H29N7O. The summed E-state index contributed by atoms with van der Waals surface area (Å²) in [5, 5.41) is 11.1. The van der Waals surface area contributed by atoms with Crippen LogP contribution in [-0.4, -0.2) is 29.9 Å². The molecule has 0 saturated carbocycles. The molecule has 0 spiro atoms. The van der Waals surface area contributed by atoms with Gasteiger partial charge in [-0.2, -0.15) is 5.26 Å². The van der Waals surface area contributed by atoms with E-state index in [4.69, 9.17) is 34.3 Å². The normalized spacial score (nSPS) is 11.1. The van der Waals surface area contributed by atoms with Crippen molar-refractivity contribution in [2.45, 2.75) is 0 Å². The topological polar surface area (TPSA) is 114 Å². The zero-order chi connectivity index (χ0) is 38.1. The Kier molecular flexibility index (Phi) is 8.36. The summed E-state index contributed by atoms with van der Waals surface area (Å²) >= 11 is 0. The maximum atomic E-state index is 9.20. The molecule has 7 aromatic carbocycles. The van der Waals surface area contributed by atoms with E-state index in [0.717, 1.165) is 60.9 Å². The van der Waals surface area contributed by atoms with Crippen LogP contribution in [-0.2, 0) is 0 Å². The van der Waals surface area contributed by atoms with Crippen LogP contribution in [0.4, 0.5) is 0 Å². The smallest absolute Gasteiger partial charge is 0.164 e. The summed E-state index contributed by atoms with van der Waals surface area (Å²) in [6.45, 7) is 0. The SMILES string of the molecule is N#Cc1ccc(-c2ccc(-c3nc(-c4ccccc4)nc(-c4ccc5oc6cc(-c7nc(-c8ccccc8)nc(-c8ccccc8)n7)ccc6c5c4)n3)cc2)cc1. The Balaban J connectivity index is 1.04. The number of hydrogen-bond donors (Lipinski definition) is 0. The summed E-state index contributed by atoms with van der Waals surface area (Å²) in [5.41, 5.74) is 9.37. The molecule has 10 rings (SSSR count). The average Bonchev–Trinajstić information content (AvgIpc) is 3.67. The Morgan fingerprint density at radius 3 is 1.16 bits per heavy atom. The Labute approximate surface area is 327 Å². The molecule has 266 valence electrons. The van der Waals surface area contributed by atoms with E-state index < -0.39 is 0 Å². The minimum atomic E-state index is 0.551. The molecule has 0 bridgehead atoms. The number of nitrogens with zero attached hydrogens (tertiary/aromatic N) is 7. The summed E-state index contributed by atoms with van der Waals surface area (Å²) in [5.74, 6) is 3.45. The Morgan fingerprint density at radius 1 is 0.316 bits per heavy atom. The number of furan rings is 1. The van der Waals surface area contributed by atoms with Gasteiger partial charge in [-0.05, 0) is 53.6 Å². The van der Waals surface area contributed by atoms with E-state index in [1.165, 1.54) is 0 Å². The molecule has 0 N–H and O–H groups in total. The molecule has 8 heteroatoms. The molecular weight excluding hydrogens is 703 g/mol. The van der Waals surface area contributed by atoms with Crippen molar-refractivity contribution in [3.8, 4) is 85.5 Å². The minimum Gasteiger partial charge on any atom is -0.456 e. The first-order valence-corrected chi connectivity index (χ1v) is 18.4. The largest absolute Gasteiger partial charge is 0.456 e. The Hall–Kier alpha value is -8.15. The maximum absolute atomic E-state index is 9.20. The lowest BCUT2D eigenvalue weighted by Gasteiger charge is -2.09. The van der Waals surface area contributed by atoms with Crippen LogP contribution < -0.4 is 0 Å². The molecule has 0 atom stereocenters. The highest BCUT2D eigenvalue weighted by atomic mass is 16.3. The van der Waals surface area contributed by atoms with Gasteiger partial charge in [0.25, 0.3) is 0 Å². The zero-order valence-corrected chi connectivity index (χ0v) is 30.3. The quantitative estimate of drug-likeness (QED) is 0.159. The molecule has 3 heterocycles. The molecule has 0 aliphatic heterocycles. The van der Waals surface area contributed by atoms with Gasteiger partial charge in [0.1, 0.15) is 11.2 Å². The first kappa shape index (κ1) is 33.4. The van der Waals surface area contributed by atoms with E-state index in [2.05, 4.69) is 18.2 Å². The van der Waals surface area contributed by atoms with Gasteiger partial charge in [0.05, 0.1) is 11.6 Å². The lowest BCUT2D eigenvalue weighted by molar-refractivity contribution is 0.669. The van der Waals surface area contributed by atoms with Gasteiger partial charge in [0.15, 0.2) is 34.9 Å². The lowest BCUT2D eigenvalue weighted by atomic mass is 10.0. The molecule has 0 saturated heterocycles. The highest BCUT2D eigenvalue weighted by Crippen LogP contribution is 2.35. The predicted octanol–water partition coefficient (Wildman–Crippen LogP) is 11.5.